The molecular weight excluding hydrogens is 576 g/mol. The molecule has 1 aromatic heterocycles. The summed E-state index contributed by atoms with van der Waals surface area (Å²) in [5, 5.41) is 82.2. The number of benzene rings is 2. The van der Waals surface area contributed by atoms with E-state index in [9.17, 15) is 45.6 Å². The van der Waals surface area contributed by atoms with E-state index in [1.54, 1.807) is 6.07 Å². The molecule has 2 aliphatic rings. The van der Waals surface area contributed by atoms with Crippen LogP contribution in [0.3, 0.4) is 0 Å². The van der Waals surface area contributed by atoms with Crippen LogP contribution in [-0.2, 0) is 14.2 Å². The molecule has 2 fully saturated rings. The second-order valence-corrected chi connectivity index (χ2v) is 10.3. The lowest BCUT2D eigenvalue weighted by molar-refractivity contribution is -0.354. The summed E-state index contributed by atoms with van der Waals surface area (Å²) in [5.74, 6) is -0.653. The van der Waals surface area contributed by atoms with Gasteiger partial charge in [-0.15, -0.1) is 0 Å². The number of rotatable bonds is 7. The Balaban J connectivity index is 1.48. The molecule has 2 saturated heterocycles. The van der Waals surface area contributed by atoms with Crippen molar-refractivity contribution in [3.8, 4) is 34.3 Å². The number of methoxy groups -OCH3 is 1. The maximum Gasteiger partial charge on any atom is 0.229 e. The fraction of sp³-hybridized carbons (Fsp3) is 0.464. The van der Waals surface area contributed by atoms with Crippen LogP contribution in [0.15, 0.2) is 45.6 Å². The van der Waals surface area contributed by atoms with Crippen molar-refractivity contribution in [1.82, 2.24) is 0 Å². The topological polar surface area (TPSA) is 238 Å². The van der Waals surface area contributed by atoms with Gasteiger partial charge in [-0.25, -0.2) is 0 Å². The van der Waals surface area contributed by atoms with Crippen molar-refractivity contribution < 1.29 is 69.0 Å². The highest BCUT2D eigenvalue weighted by atomic mass is 16.8. The molecular formula is C28H32O15. The Bertz CT molecular complexity index is 1510. The number of aliphatic hydroxyl groups is 6. The molecule has 8 N–H and O–H groups in total. The van der Waals surface area contributed by atoms with E-state index >= 15 is 0 Å². The zero-order chi connectivity index (χ0) is 31.2. The van der Waals surface area contributed by atoms with Crippen molar-refractivity contribution >= 4 is 11.0 Å². The Kier molecular flexibility index (Phi) is 8.80. The first-order valence-corrected chi connectivity index (χ1v) is 13.3. The lowest BCUT2D eigenvalue weighted by atomic mass is 9.97. The Morgan fingerprint density at radius 1 is 0.837 bits per heavy atom. The standard InChI is InChI=1S/C28H32O15/c1-10-21(33)23(35)25(37)27(39-10)43-26-24(36)22(34)19(9-29)42-28(26)40-12-6-14(31)20-15(32)8-17(41-18(20)7-12)11-3-4-16(38-2)13(30)5-11/h3-8,10,19,21-31,33-37H,9H2,1-2H3/t10-,19+,21-,22+,23+,24-,25-,26-,27-,28+/m0/s1. The van der Waals surface area contributed by atoms with Crippen LogP contribution >= 0.6 is 0 Å². The van der Waals surface area contributed by atoms with Crippen molar-refractivity contribution in [3.05, 3.63) is 46.6 Å². The van der Waals surface area contributed by atoms with E-state index in [-0.39, 0.29) is 34.0 Å². The number of aromatic hydroxyl groups is 2. The quantitative estimate of drug-likeness (QED) is 0.159. The van der Waals surface area contributed by atoms with Gasteiger partial charge in [0.25, 0.3) is 0 Å². The van der Waals surface area contributed by atoms with E-state index in [0.717, 1.165) is 12.1 Å². The molecule has 0 aliphatic carbocycles. The van der Waals surface area contributed by atoms with Crippen molar-refractivity contribution in [1.29, 1.82) is 0 Å². The van der Waals surface area contributed by atoms with Crippen molar-refractivity contribution in [2.45, 2.75) is 68.3 Å². The van der Waals surface area contributed by atoms with Gasteiger partial charge in [0.2, 0.25) is 6.29 Å². The average Bonchev–Trinajstić information content (AvgIpc) is 2.97. The molecule has 43 heavy (non-hydrogen) atoms. The second kappa shape index (κ2) is 12.2. The molecule has 2 aromatic carbocycles. The van der Waals surface area contributed by atoms with Crippen LogP contribution in [0.2, 0.25) is 0 Å². The summed E-state index contributed by atoms with van der Waals surface area (Å²) in [4.78, 5) is 12.9. The summed E-state index contributed by atoms with van der Waals surface area (Å²) in [5.41, 5.74) is -0.414. The highest BCUT2D eigenvalue weighted by Gasteiger charge is 2.50. The maximum absolute atomic E-state index is 12.9. The lowest BCUT2D eigenvalue weighted by Crippen LogP contribution is -2.64. The van der Waals surface area contributed by atoms with Gasteiger partial charge in [0.1, 0.15) is 64.9 Å². The van der Waals surface area contributed by atoms with Crippen LogP contribution in [0.1, 0.15) is 6.92 Å². The highest BCUT2D eigenvalue weighted by Crippen LogP contribution is 2.36. The summed E-state index contributed by atoms with van der Waals surface area (Å²) >= 11 is 0. The highest BCUT2D eigenvalue weighted by molar-refractivity contribution is 5.86. The van der Waals surface area contributed by atoms with Crippen molar-refractivity contribution in [2.75, 3.05) is 13.7 Å². The number of aliphatic hydroxyl groups excluding tert-OH is 6. The predicted molar refractivity (Wildman–Crippen MR) is 143 cm³/mol. The van der Waals surface area contributed by atoms with Gasteiger partial charge >= 0.3 is 0 Å². The molecule has 0 spiro atoms. The Hall–Kier alpha value is -3.51. The van der Waals surface area contributed by atoms with Crippen LogP contribution in [0, 0.1) is 0 Å². The minimum atomic E-state index is -1.77. The van der Waals surface area contributed by atoms with E-state index in [1.807, 2.05) is 0 Å². The third-order valence-corrected chi connectivity index (χ3v) is 7.42. The van der Waals surface area contributed by atoms with Gasteiger partial charge in [-0.05, 0) is 25.1 Å². The molecule has 0 unspecified atom stereocenters. The zero-order valence-electron chi connectivity index (χ0n) is 22.9. The molecule has 10 atom stereocenters. The van der Waals surface area contributed by atoms with Gasteiger partial charge in [0, 0.05) is 23.8 Å². The number of hydrogen-bond acceptors (Lipinski definition) is 15. The van der Waals surface area contributed by atoms with Crippen LogP contribution in [-0.4, -0.2) is 116 Å². The van der Waals surface area contributed by atoms with E-state index in [2.05, 4.69) is 0 Å². The summed E-state index contributed by atoms with van der Waals surface area (Å²) in [7, 11) is 1.38. The molecule has 3 aromatic rings. The number of phenolic OH excluding ortho intramolecular Hbond substituents is 2. The van der Waals surface area contributed by atoms with Crippen LogP contribution in [0.25, 0.3) is 22.3 Å². The summed E-state index contributed by atoms with van der Waals surface area (Å²) in [6, 6.07) is 7.77. The minimum Gasteiger partial charge on any atom is -0.507 e. The lowest BCUT2D eigenvalue weighted by Gasteiger charge is -2.45. The van der Waals surface area contributed by atoms with E-state index < -0.39 is 79.2 Å². The molecule has 234 valence electrons. The van der Waals surface area contributed by atoms with Gasteiger partial charge < -0.3 is 69.0 Å². The van der Waals surface area contributed by atoms with E-state index in [1.165, 1.54) is 32.2 Å². The third kappa shape index (κ3) is 5.86. The molecule has 0 radical (unpaired) electrons. The normalized spacial score (nSPS) is 32.9. The van der Waals surface area contributed by atoms with Crippen LogP contribution in [0.5, 0.6) is 23.0 Å². The monoisotopic (exact) mass is 608 g/mol. The Labute approximate surface area is 243 Å². The van der Waals surface area contributed by atoms with Gasteiger partial charge in [-0.3, -0.25) is 4.79 Å². The van der Waals surface area contributed by atoms with Crippen molar-refractivity contribution in [2.24, 2.45) is 0 Å². The number of ether oxygens (including phenoxy) is 5. The minimum absolute atomic E-state index is 0.0410. The fourth-order valence-corrected chi connectivity index (χ4v) is 5.01. The molecule has 0 amide bonds. The van der Waals surface area contributed by atoms with Crippen LogP contribution < -0.4 is 14.9 Å². The zero-order valence-corrected chi connectivity index (χ0v) is 22.9. The molecule has 0 bridgehead atoms. The fourth-order valence-electron chi connectivity index (χ4n) is 5.01. The van der Waals surface area contributed by atoms with Gasteiger partial charge in [0.05, 0.1) is 19.8 Å². The molecule has 15 nitrogen and oxygen atoms in total. The van der Waals surface area contributed by atoms with Crippen LogP contribution in [0.4, 0.5) is 0 Å². The van der Waals surface area contributed by atoms with E-state index in [4.69, 9.17) is 28.1 Å². The second-order valence-electron chi connectivity index (χ2n) is 10.3. The SMILES string of the molecule is COc1ccc(-c2cc(=O)c3c(O)cc(O[C@@H]4O[C@H](CO)[C@@H](O)[C@H](O)[C@@H]4O[C@@H]4O[C@@H](C)[C@H](O)[C@@H](O)[C@@H]4O)cc3o2)cc1O. The summed E-state index contributed by atoms with van der Waals surface area (Å²) in [6.45, 7) is 0.687. The van der Waals surface area contributed by atoms with Gasteiger partial charge in [0.15, 0.2) is 29.3 Å². The number of phenols is 2. The maximum atomic E-state index is 12.9. The third-order valence-electron chi connectivity index (χ3n) is 7.42. The Morgan fingerprint density at radius 3 is 2.26 bits per heavy atom. The largest absolute Gasteiger partial charge is 0.507 e. The summed E-state index contributed by atoms with van der Waals surface area (Å²) < 4.78 is 33.5. The molecule has 3 heterocycles. The average molecular weight is 609 g/mol. The molecule has 15 heteroatoms. The predicted octanol–water partition coefficient (Wildman–Crippen LogP) is -1.09. The Morgan fingerprint density at radius 2 is 1.58 bits per heavy atom. The number of hydrogen-bond donors (Lipinski definition) is 8. The van der Waals surface area contributed by atoms with E-state index in [0.29, 0.717) is 5.56 Å². The van der Waals surface area contributed by atoms with Crippen molar-refractivity contribution in [3.63, 3.8) is 0 Å². The molecule has 0 saturated carbocycles. The summed E-state index contributed by atoms with van der Waals surface area (Å²) in [6.07, 6.45) is -15.4. The molecule has 2 aliphatic heterocycles. The smallest absolute Gasteiger partial charge is 0.229 e. The molecule has 5 rings (SSSR count). The number of fused-ring (bicyclic) bond motifs is 1. The van der Waals surface area contributed by atoms with Gasteiger partial charge in [-0.2, -0.15) is 0 Å². The first-order chi connectivity index (χ1) is 20.4. The first-order valence-electron chi connectivity index (χ1n) is 13.3. The first kappa shape index (κ1) is 30.9. The van der Waals surface area contributed by atoms with Gasteiger partial charge in [-0.1, -0.05) is 0 Å².